The molecule has 2 fully saturated rings. The van der Waals surface area contributed by atoms with Crippen molar-refractivity contribution in [1.82, 2.24) is 19.8 Å². The van der Waals surface area contributed by atoms with Gasteiger partial charge in [-0.15, -0.1) is 0 Å². The van der Waals surface area contributed by atoms with Crippen LogP contribution < -0.4 is 5.32 Å². The highest BCUT2D eigenvalue weighted by atomic mass is 19.1. The first-order chi connectivity index (χ1) is 13.8. The lowest BCUT2D eigenvalue weighted by Crippen LogP contribution is -2.43. The molecule has 0 saturated carbocycles. The van der Waals surface area contributed by atoms with Gasteiger partial charge in [-0.05, 0) is 38.9 Å². The van der Waals surface area contributed by atoms with E-state index < -0.39 is 4.92 Å². The number of benzene rings is 1. The molecule has 2 aliphatic heterocycles. The monoisotopic (exact) mass is 400 g/mol. The minimum absolute atomic E-state index is 0.112. The normalized spacial score (nSPS) is 21.7. The van der Waals surface area contributed by atoms with Gasteiger partial charge in [0.15, 0.2) is 0 Å². The zero-order valence-corrected chi connectivity index (χ0v) is 16.9. The van der Waals surface area contributed by atoms with Gasteiger partial charge < -0.3 is 10.2 Å². The summed E-state index contributed by atoms with van der Waals surface area (Å²) < 4.78 is 14.7. The number of likely N-dealkylation sites (N-methyl/N-ethyl adjacent to an activating group) is 1. The smallest absolute Gasteiger partial charge is 0.332 e. The highest BCUT2D eigenvalue weighted by Crippen LogP contribution is 2.31. The van der Waals surface area contributed by atoms with Crippen LogP contribution in [0.25, 0.3) is 0 Å². The maximum atomic E-state index is 14.7. The van der Waals surface area contributed by atoms with Gasteiger partial charge in [-0.3, -0.25) is 15.0 Å². The molecule has 9 heteroatoms. The average molecular weight is 400 g/mol. The lowest BCUT2D eigenvalue weighted by atomic mass is 10.1. The number of fused-ring (bicyclic) bond motifs is 2. The summed E-state index contributed by atoms with van der Waals surface area (Å²) in [5.74, 6) is 0.222. The van der Waals surface area contributed by atoms with E-state index in [1.165, 1.54) is 6.42 Å². The molecule has 2 bridgehead atoms. The number of piperazine rings is 1. The molecule has 2 aromatic rings. The third kappa shape index (κ3) is 3.92. The third-order valence-electron chi connectivity index (χ3n) is 5.93. The first-order valence-corrected chi connectivity index (χ1v) is 9.77. The van der Waals surface area contributed by atoms with E-state index in [4.69, 9.17) is 0 Å². The Kier molecular flexibility index (Phi) is 5.18. The molecule has 2 saturated heterocycles. The standard InChI is InChI=1S/C20H25FN6O2/c1-12-19(27(28)29)20(24-13(2)23-12)22-8-15-5-4-14(6-18(15)21)9-26-11-16-7-17(26)10-25(16)3/h4-6,16-17H,7-11H2,1-3H3,(H,22,23,24)/t16-,17-/m0/s1. The molecule has 0 amide bonds. The predicted octanol–water partition coefficient (Wildman–Crippen LogP) is 2.64. The molecule has 3 heterocycles. The molecule has 0 radical (unpaired) electrons. The Morgan fingerprint density at radius 3 is 2.69 bits per heavy atom. The fourth-order valence-electron chi connectivity index (χ4n) is 4.44. The van der Waals surface area contributed by atoms with Gasteiger partial charge >= 0.3 is 5.69 Å². The highest BCUT2D eigenvalue weighted by molar-refractivity contribution is 5.58. The summed E-state index contributed by atoms with van der Waals surface area (Å²) >= 11 is 0. The lowest BCUT2D eigenvalue weighted by molar-refractivity contribution is -0.385. The number of hydrogen-bond acceptors (Lipinski definition) is 7. The van der Waals surface area contributed by atoms with Crippen molar-refractivity contribution in [2.45, 2.75) is 45.4 Å². The van der Waals surface area contributed by atoms with E-state index in [1.807, 2.05) is 6.07 Å². The molecular formula is C20H25FN6O2. The van der Waals surface area contributed by atoms with Crippen LogP contribution in [-0.4, -0.2) is 56.9 Å². The van der Waals surface area contributed by atoms with Crippen LogP contribution in [-0.2, 0) is 13.1 Å². The first kappa shape index (κ1) is 19.7. The Labute approximate surface area is 168 Å². The van der Waals surface area contributed by atoms with Crippen molar-refractivity contribution in [3.63, 3.8) is 0 Å². The fourth-order valence-corrected chi connectivity index (χ4v) is 4.44. The second-order valence-corrected chi connectivity index (χ2v) is 8.00. The number of nitrogens with one attached hydrogen (secondary N) is 1. The SMILES string of the molecule is Cc1nc(C)c([N+](=O)[O-])c(NCc2ccc(CN3C[C@@H]4C[C@H]3CN4C)cc2F)n1. The van der Waals surface area contributed by atoms with Crippen LogP contribution in [0.4, 0.5) is 15.9 Å². The van der Waals surface area contributed by atoms with Crippen molar-refractivity contribution in [2.75, 3.05) is 25.5 Å². The largest absolute Gasteiger partial charge is 0.360 e. The molecule has 4 rings (SSSR count). The zero-order chi connectivity index (χ0) is 20.7. The van der Waals surface area contributed by atoms with Crippen molar-refractivity contribution in [3.05, 3.63) is 56.8 Å². The van der Waals surface area contributed by atoms with Gasteiger partial charge in [0.1, 0.15) is 17.3 Å². The number of aromatic nitrogens is 2. The maximum absolute atomic E-state index is 14.7. The summed E-state index contributed by atoms with van der Waals surface area (Å²) in [7, 11) is 2.16. The highest BCUT2D eigenvalue weighted by Gasteiger charge is 2.41. The van der Waals surface area contributed by atoms with Gasteiger partial charge in [0.2, 0.25) is 5.82 Å². The van der Waals surface area contributed by atoms with Crippen LogP contribution in [0.5, 0.6) is 0 Å². The zero-order valence-electron chi connectivity index (χ0n) is 16.9. The lowest BCUT2D eigenvalue weighted by Gasteiger charge is -2.31. The Morgan fingerprint density at radius 2 is 2.07 bits per heavy atom. The molecule has 29 heavy (non-hydrogen) atoms. The summed E-state index contributed by atoms with van der Waals surface area (Å²) in [5, 5.41) is 14.2. The summed E-state index contributed by atoms with van der Waals surface area (Å²) in [6.45, 7) is 6.20. The number of hydrogen-bond donors (Lipinski definition) is 1. The molecule has 8 nitrogen and oxygen atoms in total. The van der Waals surface area contributed by atoms with E-state index in [9.17, 15) is 14.5 Å². The van der Waals surface area contributed by atoms with Gasteiger partial charge in [0, 0.05) is 43.8 Å². The van der Waals surface area contributed by atoms with Crippen molar-refractivity contribution >= 4 is 11.5 Å². The van der Waals surface area contributed by atoms with E-state index in [0.29, 0.717) is 23.5 Å². The molecular weight excluding hydrogens is 375 g/mol. The second kappa shape index (κ2) is 7.64. The Bertz CT molecular complexity index is 951. The minimum Gasteiger partial charge on any atom is -0.360 e. The van der Waals surface area contributed by atoms with Gasteiger partial charge in [-0.2, -0.15) is 0 Å². The van der Waals surface area contributed by atoms with Gasteiger partial charge in [-0.25, -0.2) is 14.4 Å². The summed E-state index contributed by atoms with van der Waals surface area (Å²) in [5.41, 5.74) is 1.49. The number of aryl methyl sites for hydroxylation is 2. The van der Waals surface area contributed by atoms with E-state index in [-0.39, 0.29) is 29.6 Å². The van der Waals surface area contributed by atoms with Crippen LogP contribution in [0.3, 0.4) is 0 Å². The number of nitro groups is 1. The average Bonchev–Trinajstić information content (AvgIpc) is 3.19. The minimum atomic E-state index is -0.516. The van der Waals surface area contributed by atoms with E-state index >= 15 is 0 Å². The predicted molar refractivity (Wildman–Crippen MR) is 107 cm³/mol. The first-order valence-electron chi connectivity index (χ1n) is 9.77. The number of anilines is 1. The van der Waals surface area contributed by atoms with Crippen LogP contribution in [0, 0.1) is 29.8 Å². The summed E-state index contributed by atoms with van der Waals surface area (Å²) in [6.07, 6.45) is 1.19. The van der Waals surface area contributed by atoms with Crippen LogP contribution in [0.15, 0.2) is 18.2 Å². The van der Waals surface area contributed by atoms with Crippen molar-refractivity contribution < 1.29 is 9.31 Å². The van der Waals surface area contributed by atoms with Crippen LogP contribution >= 0.6 is 0 Å². The molecule has 1 N–H and O–H groups in total. The quantitative estimate of drug-likeness (QED) is 0.589. The Balaban J connectivity index is 1.44. The second-order valence-electron chi connectivity index (χ2n) is 8.00. The molecule has 2 atom stereocenters. The van der Waals surface area contributed by atoms with Crippen molar-refractivity contribution in [2.24, 2.45) is 0 Å². The van der Waals surface area contributed by atoms with E-state index in [0.717, 1.165) is 25.2 Å². The third-order valence-corrected chi connectivity index (χ3v) is 5.93. The Hall–Kier alpha value is -2.65. The van der Waals surface area contributed by atoms with E-state index in [2.05, 4.69) is 32.1 Å². The van der Waals surface area contributed by atoms with Crippen LogP contribution in [0.2, 0.25) is 0 Å². The van der Waals surface area contributed by atoms with E-state index in [1.54, 1.807) is 26.0 Å². The molecule has 2 aliphatic rings. The van der Waals surface area contributed by atoms with Gasteiger partial charge in [-0.1, -0.05) is 12.1 Å². The number of rotatable bonds is 6. The van der Waals surface area contributed by atoms with Crippen LogP contribution in [0.1, 0.15) is 29.1 Å². The molecule has 154 valence electrons. The van der Waals surface area contributed by atoms with Gasteiger partial charge in [0.05, 0.1) is 4.92 Å². The number of nitrogens with zero attached hydrogens (tertiary/aromatic N) is 5. The van der Waals surface area contributed by atoms with Crippen molar-refractivity contribution in [1.29, 1.82) is 0 Å². The molecule has 1 aromatic carbocycles. The fraction of sp³-hybridized carbons (Fsp3) is 0.500. The van der Waals surface area contributed by atoms with Crippen molar-refractivity contribution in [3.8, 4) is 0 Å². The number of halogens is 1. The molecule has 0 unspecified atom stereocenters. The number of likely N-dealkylation sites (tertiary alicyclic amines) is 2. The topological polar surface area (TPSA) is 87.4 Å². The molecule has 0 aliphatic carbocycles. The molecule has 0 spiro atoms. The summed E-state index contributed by atoms with van der Waals surface area (Å²) in [6, 6.07) is 6.41. The van der Waals surface area contributed by atoms with Gasteiger partial charge in [0.25, 0.3) is 0 Å². The Morgan fingerprint density at radius 1 is 1.28 bits per heavy atom. The summed E-state index contributed by atoms with van der Waals surface area (Å²) in [4.78, 5) is 23.8. The maximum Gasteiger partial charge on any atom is 0.332 e. The molecule has 1 aromatic heterocycles.